The Kier molecular flexibility index (Phi) is 6.30. The topological polar surface area (TPSA) is 126 Å². The molecule has 3 atom stereocenters. The highest BCUT2D eigenvalue weighted by molar-refractivity contribution is 7.55. The lowest BCUT2D eigenvalue weighted by atomic mass is 10.2. The van der Waals surface area contributed by atoms with E-state index >= 15 is 0 Å². The number of ether oxygens (including phenoxy) is 2. The fourth-order valence-corrected chi connectivity index (χ4v) is 3.65. The van der Waals surface area contributed by atoms with Gasteiger partial charge < -0.3 is 18.5 Å². The molecule has 0 aliphatic heterocycles. The molecule has 1 aromatic heterocycles. The van der Waals surface area contributed by atoms with E-state index in [9.17, 15) is 23.3 Å². The third-order valence-electron chi connectivity index (χ3n) is 3.81. The lowest BCUT2D eigenvalue weighted by Gasteiger charge is -2.25. The van der Waals surface area contributed by atoms with Gasteiger partial charge in [-0.25, -0.2) is 9.59 Å². The van der Waals surface area contributed by atoms with Gasteiger partial charge in [-0.1, -0.05) is 12.2 Å². The number of H-pyrrole nitrogens is 1. The average molecular weight is 392 g/mol. The predicted octanol–water partition coefficient (Wildman–Crippen LogP) is 0.547. The first-order valence-electron chi connectivity index (χ1n) is 7.39. The Morgan fingerprint density at radius 1 is 1.31 bits per heavy atom. The molecule has 26 heavy (non-hydrogen) atoms. The maximum atomic E-state index is 13.4. The van der Waals surface area contributed by atoms with E-state index in [1.165, 1.54) is 12.2 Å². The highest BCUT2D eigenvalue weighted by Crippen LogP contribution is 2.53. The maximum Gasteiger partial charge on any atom is 0.370 e. The van der Waals surface area contributed by atoms with Crippen molar-refractivity contribution in [2.24, 2.45) is 0 Å². The van der Waals surface area contributed by atoms with Crippen LogP contribution in [0.25, 0.3) is 0 Å². The van der Waals surface area contributed by atoms with Crippen molar-refractivity contribution in [2.45, 2.75) is 24.4 Å². The number of aromatic nitrogens is 2. The molecule has 1 N–H and O–H groups in total. The van der Waals surface area contributed by atoms with Gasteiger partial charge in [-0.05, 0) is 0 Å². The normalized spacial score (nSPS) is 20.9. The minimum Gasteiger partial charge on any atom is -0.467 e. The molecule has 12 heteroatoms. The summed E-state index contributed by atoms with van der Waals surface area (Å²) >= 11 is 0. The Labute approximate surface area is 147 Å². The number of methoxy groups -OCH3 is 1. The van der Waals surface area contributed by atoms with Gasteiger partial charge >= 0.3 is 19.3 Å². The number of hydrogen-bond donors (Lipinski definition) is 1. The van der Waals surface area contributed by atoms with Crippen LogP contribution in [0.15, 0.2) is 27.9 Å². The summed E-state index contributed by atoms with van der Waals surface area (Å²) in [4.78, 5) is 36.7. The van der Waals surface area contributed by atoms with Crippen molar-refractivity contribution in [2.75, 3.05) is 21.3 Å². The second kappa shape index (κ2) is 8.09. The van der Waals surface area contributed by atoms with Gasteiger partial charge in [0, 0.05) is 20.6 Å². The molecule has 0 radical (unpaired) electrons. The highest BCUT2D eigenvalue weighted by Gasteiger charge is 2.44. The van der Waals surface area contributed by atoms with E-state index in [1.54, 1.807) is 0 Å². The summed E-state index contributed by atoms with van der Waals surface area (Å²) in [5, 5.41) is 0. The number of halogens is 1. The van der Waals surface area contributed by atoms with E-state index in [-0.39, 0.29) is 6.42 Å². The molecule has 2 rings (SSSR count). The molecule has 0 amide bonds. The van der Waals surface area contributed by atoms with E-state index < -0.39 is 48.6 Å². The monoisotopic (exact) mass is 392 g/mol. The number of esters is 1. The maximum absolute atomic E-state index is 13.4. The molecule has 0 bridgehead atoms. The molecule has 0 saturated carbocycles. The van der Waals surface area contributed by atoms with Crippen LogP contribution < -0.4 is 11.2 Å². The second-order valence-corrected chi connectivity index (χ2v) is 7.57. The van der Waals surface area contributed by atoms with Gasteiger partial charge in [-0.15, -0.1) is 0 Å². The number of nitrogens with zero attached hydrogens (tertiary/aromatic N) is 1. The van der Waals surface area contributed by atoms with Crippen molar-refractivity contribution in [3.63, 3.8) is 0 Å². The minimum absolute atomic E-state index is 0.117. The summed E-state index contributed by atoms with van der Waals surface area (Å²) in [6.07, 6.45) is 3.18. The van der Waals surface area contributed by atoms with Gasteiger partial charge in [0.1, 0.15) is 0 Å². The number of carbonyl (C=O) groups is 1. The molecule has 10 nitrogen and oxygen atoms in total. The molecule has 1 aliphatic rings. The molecule has 1 aliphatic carbocycles. The van der Waals surface area contributed by atoms with Crippen LogP contribution in [0, 0.1) is 5.82 Å². The van der Waals surface area contributed by atoms with Crippen LogP contribution in [0.4, 0.5) is 4.39 Å². The molecule has 0 fully saturated rings. The van der Waals surface area contributed by atoms with Crippen LogP contribution in [-0.4, -0.2) is 48.8 Å². The Morgan fingerprint density at radius 2 is 1.96 bits per heavy atom. The third kappa shape index (κ3) is 4.01. The van der Waals surface area contributed by atoms with Crippen LogP contribution in [0.3, 0.4) is 0 Å². The van der Waals surface area contributed by atoms with Gasteiger partial charge in [0.05, 0.1) is 25.5 Å². The molecule has 0 aromatic carbocycles. The van der Waals surface area contributed by atoms with Crippen molar-refractivity contribution in [1.29, 1.82) is 0 Å². The Morgan fingerprint density at radius 3 is 2.54 bits per heavy atom. The van der Waals surface area contributed by atoms with Crippen molar-refractivity contribution in [3.05, 3.63) is 45.0 Å². The zero-order valence-electron chi connectivity index (χ0n) is 14.2. The van der Waals surface area contributed by atoms with Crippen LogP contribution in [0.5, 0.6) is 0 Å². The summed E-state index contributed by atoms with van der Waals surface area (Å²) < 4.78 is 46.5. The summed E-state index contributed by atoms with van der Waals surface area (Å²) in [7, 11) is -0.658. The van der Waals surface area contributed by atoms with Gasteiger partial charge in [-0.3, -0.25) is 18.9 Å². The molecule has 3 unspecified atom stereocenters. The minimum atomic E-state index is -3.94. The van der Waals surface area contributed by atoms with Crippen molar-refractivity contribution in [1.82, 2.24) is 9.55 Å². The number of rotatable bonds is 7. The zero-order valence-corrected chi connectivity index (χ0v) is 15.1. The first-order valence-corrected chi connectivity index (χ1v) is 9.00. The fourth-order valence-electron chi connectivity index (χ4n) is 2.45. The summed E-state index contributed by atoms with van der Waals surface area (Å²) in [5.41, 5.74) is -1.91. The molecule has 1 aromatic rings. The molecule has 0 spiro atoms. The summed E-state index contributed by atoms with van der Waals surface area (Å²) in [6, 6.07) is -0.637. The number of carbonyl (C=O) groups excluding carboxylic acids is 1. The van der Waals surface area contributed by atoms with Crippen molar-refractivity contribution >= 4 is 13.6 Å². The van der Waals surface area contributed by atoms with Gasteiger partial charge in [0.15, 0.2) is 0 Å². The predicted molar refractivity (Wildman–Crippen MR) is 86.4 cm³/mol. The largest absolute Gasteiger partial charge is 0.467 e. The summed E-state index contributed by atoms with van der Waals surface area (Å²) in [6.45, 7) is 0. The summed E-state index contributed by atoms with van der Waals surface area (Å²) in [5.74, 6) is -3.71. The average Bonchev–Trinajstić information content (AvgIpc) is 3.09. The van der Waals surface area contributed by atoms with Crippen molar-refractivity contribution < 1.29 is 32.3 Å². The van der Waals surface area contributed by atoms with E-state index in [2.05, 4.69) is 4.74 Å². The fraction of sp³-hybridized carbons (Fsp3) is 0.500. The van der Waals surface area contributed by atoms with E-state index in [0.717, 1.165) is 32.1 Å². The number of nitrogens with one attached hydrogen (secondary N) is 1. The van der Waals surface area contributed by atoms with Gasteiger partial charge in [0.25, 0.3) is 11.4 Å². The Hall–Kier alpha value is -2.07. The molecular formula is C14H18FN2O8P. The number of hydrogen-bond acceptors (Lipinski definition) is 8. The zero-order chi connectivity index (χ0) is 19.5. The lowest BCUT2D eigenvalue weighted by molar-refractivity contribution is -0.151. The Balaban J connectivity index is 2.20. The first-order chi connectivity index (χ1) is 12.3. The molecule has 1 heterocycles. The number of allylic oxidation sites excluding steroid dienone is 1. The third-order valence-corrected chi connectivity index (χ3v) is 5.73. The van der Waals surface area contributed by atoms with E-state index in [0.29, 0.717) is 0 Å². The van der Waals surface area contributed by atoms with Crippen LogP contribution in [-0.2, 0) is 27.9 Å². The van der Waals surface area contributed by atoms with Crippen LogP contribution in [0.2, 0.25) is 0 Å². The highest BCUT2D eigenvalue weighted by atomic mass is 31.2. The van der Waals surface area contributed by atoms with E-state index in [1.807, 2.05) is 4.98 Å². The lowest BCUT2D eigenvalue weighted by Crippen LogP contribution is -2.34. The molecule has 0 saturated heterocycles. The number of aromatic amines is 1. The van der Waals surface area contributed by atoms with Crippen molar-refractivity contribution in [3.8, 4) is 0 Å². The van der Waals surface area contributed by atoms with Gasteiger partial charge in [-0.2, -0.15) is 4.39 Å². The van der Waals surface area contributed by atoms with Crippen LogP contribution >= 0.6 is 7.60 Å². The molecular weight excluding hydrogens is 374 g/mol. The Bertz CT molecular complexity index is 855. The van der Waals surface area contributed by atoms with Crippen LogP contribution in [0.1, 0.15) is 12.5 Å². The SMILES string of the molecule is COC(=O)C(OC1C=CC(n2cc(F)c(=O)[nH]c2=O)C1)P(=O)(OC)OC. The quantitative estimate of drug-likeness (QED) is 0.405. The standard InChI is InChI=1S/C14H18FN2O8P/c1-22-12(19)13(26(21,23-2)24-3)25-9-5-4-8(6-9)17-7-10(15)11(18)16-14(17)20/h4-5,7-9,13H,6H2,1-3H3,(H,16,18,20). The first kappa shape index (κ1) is 20.2. The molecule has 144 valence electrons. The smallest absolute Gasteiger partial charge is 0.370 e. The second-order valence-electron chi connectivity index (χ2n) is 5.29. The van der Waals surface area contributed by atoms with Gasteiger partial charge in [0.2, 0.25) is 5.82 Å². The van der Waals surface area contributed by atoms with E-state index in [4.69, 9.17) is 13.8 Å².